The van der Waals surface area contributed by atoms with Crippen molar-refractivity contribution in [3.8, 4) is 0 Å². The van der Waals surface area contributed by atoms with Crippen molar-refractivity contribution < 1.29 is 59.8 Å². The molecule has 2 aliphatic heterocycles. The highest BCUT2D eigenvalue weighted by Gasteiger charge is 2.70. The third-order valence-electron chi connectivity index (χ3n) is 16.1. The van der Waals surface area contributed by atoms with E-state index in [2.05, 4.69) is 67.5 Å². The topological polar surface area (TPSA) is 199 Å². The molecule has 2 heterocycles. The normalized spacial score (nSPS) is 51.9. The molecule has 2 saturated heterocycles. The van der Waals surface area contributed by atoms with Crippen LogP contribution in [0.3, 0.4) is 0 Å². The molecule has 0 radical (unpaired) electrons. The minimum atomic E-state index is -1.74. The zero-order chi connectivity index (χ0) is 39.7. The average Bonchev–Trinajstić information content (AvgIpc) is 3.49. The molecule has 4 aliphatic carbocycles. The van der Waals surface area contributed by atoms with Crippen molar-refractivity contribution in [2.75, 3.05) is 13.2 Å². The smallest absolute Gasteiger partial charge is 0.187 e. The van der Waals surface area contributed by atoms with Crippen LogP contribution in [0.25, 0.3) is 0 Å². The van der Waals surface area contributed by atoms with Crippen LogP contribution in [0.5, 0.6) is 0 Å². The lowest BCUT2D eigenvalue weighted by Gasteiger charge is -2.70. The van der Waals surface area contributed by atoms with E-state index in [0.717, 1.165) is 44.9 Å². The predicted octanol–water partition coefficient (Wildman–Crippen LogP) is 2.95. The summed E-state index contributed by atoms with van der Waals surface area (Å²) in [5, 5.41) is 85.4. The van der Waals surface area contributed by atoms with Gasteiger partial charge in [0.1, 0.15) is 48.8 Å². The zero-order valence-corrected chi connectivity index (χ0v) is 33.7. The van der Waals surface area contributed by atoms with Crippen LogP contribution in [-0.2, 0) is 18.9 Å². The fourth-order valence-corrected chi connectivity index (χ4v) is 12.9. The Morgan fingerprint density at radius 2 is 1.28 bits per heavy atom. The lowest BCUT2D eigenvalue weighted by atomic mass is 9.35. The lowest BCUT2D eigenvalue weighted by Crippen LogP contribution is -2.67. The predicted molar refractivity (Wildman–Crippen MR) is 199 cm³/mol. The van der Waals surface area contributed by atoms with Crippen molar-refractivity contribution in [2.24, 2.45) is 45.3 Å². The summed E-state index contributed by atoms with van der Waals surface area (Å²) in [7, 11) is 0. The molecule has 0 bridgehead atoms. The molecule has 6 fully saturated rings. The van der Waals surface area contributed by atoms with Crippen molar-refractivity contribution >= 4 is 0 Å². The molecule has 0 aromatic rings. The van der Waals surface area contributed by atoms with Crippen molar-refractivity contribution in [2.45, 2.75) is 180 Å². The fraction of sp³-hybridized carbons (Fsp3) is 0.905. The number of aliphatic hydroxyl groups is 8. The first kappa shape index (κ1) is 42.6. The minimum absolute atomic E-state index is 0.00171. The monoisotopic (exact) mass is 766 g/mol. The Bertz CT molecular complexity index is 1380. The van der Waals surface area contributed by atoms with Crippen LogP contribution in [0.2, 0.25) is 0 Å². The van der Waals surface area contributed by atoms with E-state index in [-0.39, 0.29) is 40.3 Å². The number of hydrogen-bond acceptors (Lipinski definition) is 12. The van der Waals surface area contributed by atoms with E-state index in [9.17, 15) is 40.9 Å². The van der Waals surface area contributed by atoms with E-state index in [4.69, 9.17) is 18.9 Å². The van der Waals surface area contributed by atoms with Gasteiger partial charge in [-0.05, 0) is 117 Å². The first-order chi connectivity index (χ1) is 25.3. The second-order valence-electron chi connectivity index (χ2n) is 19.4. The van der Waals surface area contributed by atoms with Crippen LogP contribution >= 0.6 is 0 Å². The maximum Gasteiger partial charge on any atom is 0.187 e. The van der Waals surface area contributed by atoms with E-state index in [1.807, 2.05) is 0 Å². The first-order valence-corrected chi connectivity index (χ1v) is 20.5. The van der Waals surface area contributed by atoms with Crippen LogP contribution in [0.1, 0.15) is 107 Å². The van der Waals surface area contributed by atoms with Crippen molar-refractivity contribution in [1.82, 2.24) is 0 Å². The van der Waals surface area contributed by atoms with Gasteiger partial charge in [-0.25, -0.2) is 0 Å². The standard InChI is InChI=1S/C42H70O12/c1-21(2)10-9-11-22(3)23-12-16-42(8)30(23)24(45)18-28-40(6)15-14-29(39(4,5)27(40)13-17-41(28,42)7)53-38-36(34(49)32(47)26(20-44)52-38)54-37-35(50)33(48)31(46)25(19-43)51-37/h10-11,23-38,43-50H,9,12-20H2,1-8H3/t23-,24-,25-,26-,27+,28-,29+,30+,31-,32-,33+,34+,35-,36-,37+,38-,40+,41-,42-/m1/s1. The van der Waals surface area contributed by atoms with E-state index in [0.29, 0.717) is 18.3 Å². The summed E-state index contributed by atoms with van der Waals surface area (Å²) in [4.78, 5) is 0. The van der Waals surface area contributed by atoms with Gasteiger partial charge in [-0.3, -0.25) is 0 Å². The highest BCUT2D eigenvalue weighted by Crippen LogP contribution is 2.75. The van der Waals surface area contributed by atoms with Crippen LogP contribution in [-0.4, -0.2) is 128 Å². The van der Waals surface area contributed by atoms with Crippen LogP contribution in [0.15, 0.2) is 23.3 Å². The van der Waals surface area contributed by atoms with Crippen LogP contribution in [0.4, 0.5) is 0 Å². The molecule has 54 heavy (non-hydrogen) atoms. The molecule has 0 aromatic carbocycles. The Labute approximate surface area is 321 Å². The maximum absolute atomic E-state index is 12.1. The third-order valence-corrected chi connectivity index (χ3v) is 16.1. The molecule has 0 unspecified atom stereocenters. The van der Waals surface area contributed by atoms with E-state index in [1.54, 1.807) is 0 Å². The molecule has 310 valence electrons. The first-order valence-electron chi connectivity index (χ1n) is 20.5. The summed E-state index contributed by atoms with van der Waals surface area (Å²) in [5.74, 6) is 1.14. The zero-order valence-electron chi connectivity index (χ0n) is 33.7. The summed E-state index contributed by atoms with van der Waals surface area (Å²) in [6, 6.07) is 0. The maximum atomic E-state index is 12.1. The Morgan fingerprint density at radius 1 is 0.667 bits per heavy atom. The second-order valence-corrected chi connectivity index (χ2v) is 19.4. The molecule has 6 rings (SSSR count). The van der Waals surface area contributed by atoms with Crippen molar-refractivity contribution in [1.29, 1.82) is 0 Å². The summed E-state index contributed by atoms with van der Waals surface area (Å²) in [6.45, 7) is 17.1. The second kappa shape index (κ2) is 15.6. The van der Waals surface area contributed by atoms with Crippen LogP contribution in [0, 0.1) is 45.3 Å². The summed E-state index contributed by atoms with van der Waals surface area (Å²) < 4.78 is 24.4. The molecule has 8 N–H and O–H groups in total. The highest BCUT2D eigenvalue weighted by molar-refractivity contribution is 5.23. The Kier molecular flexibility index (Phi) is 12.3. The lowest BCUT2D eigenvalue weighted by molar-refractivity contribution is -0.378. The number of rotatable bonds is 9. The number of hydrogen-bond donors (Lipinski definition) is 8. The van der Waals surface area contributed by atoms with E-state index in [1.165, 1.54) is 11.1 Å². The average molecular weight is 767 g/mol. The van der Waals surface area contributed by atoms with Gasteiger partial charge in [0.25, 0.3) is 0 Å². The molecule has 4 saturated carbocycles. The largest absolute Gasteiger partial charge is 0.394 e. The van der Waals surface area contributed by atoms with Gasteiger partial charge in [-0.15, -0.1) is 0 Å². The van der Waals surface area contributed by atoms with Gasteiger partial charge in [0, 0.05) is 0 Å². The minimum Gasteiger partial charge on any atom is -0.394 e. The quantitative estimate of drug-likeness (QED) is 0.126. The fourth-order valence-electron chi connectivity index (χ4n) is 12.9. The SMILES string of the molecule is CC(C)=CCC=C(C)[C@H]1CC[C@]2(C)[C@@H]1[C@H](O)C[C@@H]1[C@@]3(C)CC[C@H](O[C@H]4O[C@H](CO)[C@@H](O)[C@H](O)[C@H]4O[C@@H]4O[C@H](CO)[C@@H](O)[C@H](O)[C@H]4O)C(C)(C)[C@@H]3CC[C@]12C. The molecular weight excluding hydrogens is 696 g/mol. The van der Waals surface area contributed by atoms with Gasteiger partial charge in [0.2, 0.25) is 0 Å². The molecule has 19 atom stereocenters. The van der Waals surface area contributed by atoms with E-state index >= 15 is 0 Å². The van der Waals surface area contributed by atoms with Crippen molar-refractivity contribution in [3.63, 3.8) is 0 Å². The summed E-state index contributed by atoms with van der Waals surface area (Å²) in [5.41, 5.74) is 2.29. The number of ether oxygens (including phenoxy) is 4. The van der Waals surface area contributed by atoms with Gasteiger partial charge >= 0.3 is 0 Å². The van der Waals surface area contributed by atoms with Gasteiger partial charge in [0.05, 0.1) is 25.4 Å². The number of fused-ring (bicyclic) bond motifs is 5. The number of allylic oxidation sites excluding steroid dienone is 4. The molecule has 0 aromatic heterocycles. The molecule has 0 spiro atoms. The third kappa shape index (κ3) is 6.89. The summed E-state index contributed by atoms with van der Waals surface area (Å²) in [6.07, 6.45) is -3.65. The van der Waals surface area contributed by atoms with Gasteiger partial charge in [-0.1, -0.05) is 57.9 Å². The molecule has 12 heteroatoms. The Balaban J connectivity index is 1.23. The van der Waals surface area contributed by atoms with Gasteiger partial charge in [-0.2, -0.15) is 0 Å². The molecule has 12 nitrogen and oxygen atoms in total. The van der Waals surface area contributed by atoms with Crippen LogP contribution < -0.4 is 0 Å². The van der Waals surface area contributed by atoms with E-state index < -0.39 is 80.0 Å². The number of aliphatic hydroxyl groups excluding tert-OH is 8. The molecule has 0 amide bonds. The molecular formula is C42H70O12. The van der Waals surface area contributed by atoms with Crippen molar-refractivity contribution in [3.05, 3.63) is 23.3 Å². The highest BCUT2D eigenvalue weighted by atomic mass is 16.8. The Hall–Kier alpha value is -1.00. The van der Waals surface area contributed by atoms with Gasteiger partial charge in [0.15, 0.2) is 12.6 Å². The molecule has 6 aliphatic rings. The summed E-state index contributed by atoms with van der Waals surface area (Å²) >= 11 is 0. The van der Waals surface area contributed by atoms with Gasteiger partial charge < -0.3 is 59.8 Å². The Morgan fingerprint density at radius 3 is 1.91 bits per heavy atom.